The van der Waals surface area contributed by atoms with Gasteiger partial charge in [-0.2, -0.15) is 0 Å². The Morgan fingerprint density at radius 1 is 1.05 bits per heavy atom. The molecule has 0 spiro atoms. The van der Waals surface area contributed by atoms with Gasteiger partial charge in [-0.15, -0.1) is 0 Å². The fraction of sp³-hybridized carbons (Fsp3) is 0.593. The Kier molecular flexibility index (Phi) is 6.12. The Labute approximate surface area is 217 Å². The minimum atomic E-state index is -3.47. The van der Waals surface area contributed by atoms with Gasteiger partial charge in [-0.1, -0.05) is 0 Å². The second kappa shape index (κ2) is 9.22. The summed E-state index contributed by atoms with van der Waals surface area (Å²) in [4.78, 5) is 26.2. The standard InChI is InChI=1S/C27H34FN5O3S/c1-16-15-32(24-4-3-21(14-22(24)28)37(2,35)36)7-8-33(16)27-29-6-5-23(30-27)26(34)31-25-19-10-17-9-18(12-19)13-20(25)11-17/h3-6,14,16-20,25H,7-13,15H2,1-2H3,(H,31,34)/t16-,17?,18?,19?,20?,25?/m1/s1. The molecule has 2 heterocycles. The first-order valence-corrected chi connectivity index (χ1v) is 15.2. The van der Waals surface area contributed by atoms with Crippen LogP contribution in [0.1, 0.15) is 49.5 Å². The second-order valence-electron chi connectivity index (χ2n) is 11.5. The number of nitrogens with zero attached hydrogens (tertiary/aromatic N) is 4. The molecule has 37 heavy (non-hydrogen) atoms. The third-order valence-electron chi connectivity index (χ3n) is 8.97. The minimum Gasteiger partial charge on any atom is -0.365 e. The number of anilines is 2. The van der Waals surface area contributed by atoms with Gasteiger partial charge in [0.2, 0.25) is 5.95 Å². The van der Waals surface area contributed by atoms with Crippen LogP contribution in [0.15, 0.2) is 35.4 Å². The number of carbonyl (C=O) groups excluding carboxylic acids is 1. The molecular formula is C27H34FN5O3S. The van der Waals surface area contributed by atoms with E-state index in [9.17, 15) is 17.6 Å². The summed E-state index contributed by atoms with van der Waals surface area (Å²) in [5.74, 6) is 2.73. The molecule has 1 saturated heterocycles. The van der Waals surface area contributed by atoms with Gasteiger partial charge in [0.05, 0.1) is 10.6 Å². The third kappa shape index (κ3) is 4.69. The first-order valence-electron chi connectivity index (χ1n) is 13.3. The van der Waals surface area contributed by atoms with Crippen molar-refractivity contribution < 1.29 is 17.6 Å². The SMILES string of the molecule is C[C@@H]1CN(c2ccc(S(C)(=O)=O)cc2F)CCN1c1nccc(C(=O)NC2C3CC4CC(C3)CC2C4)n1. The Hall–Kier alpha value is -2.75. The van der Waals surface area contributed by atoms with Crippen LogP contribution in [0.5, 0.6) is 0 Å². The maximum atomic E-state index is 14.8. The number of nitrogens with one attached hydrogen (secondary N) is 1. The van der Waals surface area contributed by atoms with Crippen molar-refractivity contribution in [1.29, 1.82) is 0 Å². The van der Waals surface area contributed by atoms with Crippen molar-refractivity contribution in [3.8, 4) is 0 Å². The summed E-state index contributed by atoms with van der Waals surface area (Å²) >= 11 is 0. The van der Waals surface area contributed by atoms with Gasteiger partial charge < -0.3 is 15.1 Å². The molecule has 198 valence electrons. The topological polar surface area (TPSA) is 95.5 Å². The molecule has 4 aliphatic carbocycles. The molecule has 1 atom stereocenters. The van der Waals surface area contributed by atoms with Gasteiger partial charge in [0.25, 0.3) is 5.91 Å². The zero-order chi connectivity index (χ0) is 25.9. The quantitative estimate of drug-likeness (QED) is 0.638. The van der Waals surface area contributed by atoms with Crippen molar-refractivity contribution in [2.24, 2.45) is 23.7 Å². The molecular weight excluding hydrogens is 493 g/mol. The van der Waals surface area contributed by atoms with E-state index in [2.05, 4.69) is 15.3 Å². The highest BCUT2D eigenvalue weighted by Gasteiger charge is 2.48. The van der Waals surface area contributed by atoms with Gasteiger partial charge in [0.1, 0.15) is 11.5 Å². The van der Waals surface area contributed by atoms with E-state index in [1.54, 1.807) is 12.3 Å². The second-order valence-corrected chi connectivity index (χ2v) is 13.6. The van der Waals surface area contributed by atoms with Gasteiger partial charge in [-0.25, -0.2) is 22.8 Å². The van der Waals surface area contributed by atoms with Gasteiger partial charge in [-0.3, -0.25) is 4.79 Å². The number of rotatable bonds is 5. The van der Waals surface area contributed by atoms with E-state index < -0.39 is 15.7 Å². The number of hydrogen-bond acceptors (Lipinski definition) is 7. The fourth-order valence-electron chi connectivity index (χ4n) is 7.45. The summed E-state index contributed by atoms with van der Waals surface area (Å²) in [6.07, 6.45) is 9.06. The highest BCUT2D eigenvalue weighted by atomic mass is 32.2. The lowest BCUT2D eigenvalue weighted by atomic mass is 9.54. The van der Waals surface area contributed by atoms with Gasteiger partial charge in [-0.05, 0) is 87.0 Å². The predicted octanol–water partition coefficient (Wildman–Crippen LogP) is 3.29. The number of piperazine rings is 1. The number of carbonyl (C=O) groups is 1. The van der Waals surface area contributed by atoms with E-state index >= 15 is 0 Å². The van der Waals surface area contributed by atoms with E-state index in [4.69, 9.17) is 0 Å². The average Bonchev–Trinajstić information content (AvgIpc) is 2.85. The van der Waals surface area contributed by atoms with Crippen molar-refractivity contribution >= 4 is 27.4 Å². The van der Waals surface area contributed by atoms with Crippen molar-refractivity contribution in [3.63, 3.8) is 0 Å². The summed E-state index contributed by atoms with van der Waals surface area (Å²) in [5.41, 5.74) is 0.763. The number of amides is 1. The Morgan fingerprint density at radius 3 is 2.38 bits per heavy atom. The van der Waals surface area contributed by atoms with E-state index in [1.165, 1.54) is 44.2 Å². The Morgan fingerprint density at radius 2 is 1.76 bits per heavy atom. The number of sulfone groups is 1. The summed E-state index contributed by atoms with van der Waals surface area (Å²) in [6.45, 7) is 3.60. The highest BCUT2D eigenvalue weighted by Crippen LogP contribution is 2.53. The molecule has 4 bridgehead atoms. The van der Waals surface area contributed by atoms with E-state index in [0.29, 0.717) is 48.8 Å². The molecule has 7 rings (SSSR count). The molecule has 5 aliphatic rings. The predicted molar refractivity (Wildman–Crippen MR) is 139 cm³/mol. The fourth-order valence-corrected chi connectivity index (χ4v) is 8.08. The molecule has 5 fully saturated rings. The summed E-state index contributed by atoms with van der Waals surface area (Å²) in [7, 11) is -3.47. The molecule has 1 aliphatic heterocycles. The lowest BCUT2D eigenvalue weighted by molar-refractivity contribution is -0.0120. The zero-order valence-electron chi connectivity index (χ0n) is 21.3. The third-order valence-corrected chi connectivity index (χ3v) is 10.1. The maximum Gasteiger partial charge on any atom is 0.270 e. The lowest BCUT2D eigenvalue weighted by Gasteiger charge is -2.54. The molecule has 1 aromatic carbocycles. The number of benzene rings is 1. The first-order chi connectivity index (χ1) is 17.7. The van der Waals surface area contributed by atoms with Crippen LogP contribution in [0.4, 0.5) is 16.0 Å². The number of aromatic nitrogens is 2. The molecule has 2 aromatic rings. The Bertz CT molecular complexity index is 1290. The first kappa shape index (κ1) is 24.6. The normalized spacial score (nSPS) is 31.0. The molecule has 1 aromatic heterocycles. The van der Waals surface area contributed by atoms with Crippen molar-refractivity contribution in [3.05, 3.63) is 42.0 Å². The smallest absolute Gasteiger partial charge is 0.270 e. The Balaban J connectivity index is 1.13. The zero-order valence-corrected chi connectivity index (χ0v) is 22.1. The van der Waals surface area contributed by atoms with Crippen LogP contribution in [0.3, 0.4) is 0 Å². The summed E-state index contributed by atoms with van der Waals surface area (Å²) < 4.78 is 38.3. The van der Waals surface area contributed by atoms with Crippen molar-refractivity contribution in [2.75, 3.05) is 35.7 Å². The minimum absolute atomic E-state index is 0.0300. The molecule has 10 heteroatoms. The molecule has 4 saturated carbocycles. The van der Waals surface area contributed by atoms with Crippen LogP contribution in [-0.2, 0) is 9.84 Å². The molecule has 8 nitrogen and oxygen atoms in total. The highest BCUT2D eigenvalue weighted by molar-refractivity contribution is 7.90. The van der Waals surface area contributed by atoms with E-state index in [1.807, 2.05) is 16.7 Å². The van der Waals surface area contributed by atoms with Gasteiger partial charge in [0, 0.05) is 44.2 Å². The van der Waals surface area contributed by atoms with Gasteiger partial charge in [0.15, 0.2) is 9.84 Å². The van der Waals surface area contributed by atoms with E-state index in [-0.39, 0.29) is 22.9 Å². The molecule has 0 unspecified atom stereocenters. The van der Waals surface area contributed by atoms with Crippen molar-refractivity contribution in [1.82, 2.24) is 15.3 Å². The largest absolute Gasteiger partial charge is 0.365 e. The molecule has 1 N–H and O–H groups in total. The average molecular weight is 528 g/mol. The van der Waals surface area contributed by atoms with E-state index in [0.717, 1.165) is 24.2 Å². The monoisotopic (exact) mass is 527 g/mol. The van der Waals surface area contributed by atoms with Crippen molar-refractivity contribution in [2.45, 2.75) is 56.0 Å². The van der Waals surface area contributed by atoms with Crippen LogP contribution in [0.2, 0.25) is 0 Å². The lowest BCUT2D eigenvalue weighted by Crippen LogP contribution is -2.56. The van der Waals surface area contributed by atoms with Gasteiger partial charge >= 0.3 is 0 Å². The number of hydrogen-bond donors (Lipinski definition) is 1. The molecule has 1 amide bonds. The van der Waals surface area contributed by atoms with Crippen LogP contribution < -0.4 is 15.1 Å². The van der Waals surface area contributed by atoms with Crippen LogP contribution in [-0.4, -0.2) is 62.3 Å². The summed E-state index contributed by atoms with van der Waals surface area (Å²) in [6, 6.07) is 5.94. The maximum absolute atomic E-state index is 14.8. The van der Waals surface area contributed by atoms with Crippen LogP contribution >= 0.6 is 0 Å². The van der Waals surface area contributed by atoms with Crippen LogP contribution in [0.25, 0.3) is 0 Å². The molecule has 0 radical (unpaired) electrons. The summed E-state index contributed by atoms with van der Waals surface area (Å²) in [5, 5.41) is 3.33. The number of halogens is 1. The van der Waals surface area contributed by atoms with Crippen LogP contribution in [0, 0.1) is 29.5 Å².